The minimum atomic E-state index is 0.737. The zero-order valence-electron chi connectivity index (χ0n) is 27.0. The van der Waals surface area contributed by atoms with E-state index in [1.54, 1.807) is 11.3 Å². The van der Waals surface area contributed by atoms with Crippen LogP contribution in [-0.2, 0) is 0 Å². The summed E-state index contributed by atoms with van der Waals surface area (Å²) < 4.78 is 4.67. The molecule has 0 saturated carbocycles. The summed E-state index contributed by atoms with van der Waals surface area (Å²) in [5.41, 5.74) is 12.3. The average molecular weight is 656 g/mol. The number of thiophene rings is 1. The molecule has 0 fully saturated rings. The molecule has 0 N–H and O–H groups in total. The second-order valence-electron chi connectivity index (χ2n) is 12.6. The van der Waals surface area contributed by atoms with E-state index in [1.807, 2.05) is 18.2 Å². The molecule has 4 heteroatoms. The Bertz CT molecular complexity index is 2810. The van der Waals surface area contributed by atoms with E-state index in [2.05, 4.69) is 162 Å². The largest absolute Gasteiger partial charge is 0.309 e. The normalized spacial score (nSPS) is 11.6. The number of para-hydroxylation sites is 2. The maximum Gasteiger partial charge on any atom is 0.160 e. The molecule has 0 amide bonds. The Hall–Kier alpha value is -6.36. The van der Waals surface area contributed by atoms with Crippen LogP contribution >= 0.6 is 11.3 Å². The lowest BCUT2D eigenvalue weighted by molar-refractivity contribution is 1.18. The van der Waals surface area contributed by atoms with E-state index in [-0.39, 0.29) is 0 Å². The predicted octanol–water partition coefficient (Wildman–Crippen LogP) is 12.6. The van der Waals surface area contributed by atoms with Gasteiger partial charge >= 0.3 is 0 Å². The molecule has 0 aliphatic heterocycles. The van der Waals surface area contributed by atoms with Gasteiger partial charge in [0.15, 0.2) is 5.82 Å². The van der Waals surface area contributed by atoms with Gasteiger partial charge < -0.3 is 4.57 Å². The molecule has 10 rings (SSSR count). The molecular formula is C46H29N3S. The first-order valence-electron chi connectivity index (χ1n) is 16.8. The van der Waals surface area contributed by atoms with E-state index in [0.29, 0.717) is 0 Å². The number of hydrogen-bond donors (Lipinski definition) is 0. The topological polar surface area (TPSA) is 30.7 Å². The smallest absolute Gasteiger partial charge is 0.160 e. The summed E-state index contributed by atoms with van der Waals surface area (Å²) in [6.45, 7) is 0. The molecule has 0 radical (unpaired) electrons. The van der Waals surface area contributed by atoms with Gasteiger partial charge in [0.05, 0.1) is 26.9 Å². The Labute approximate surface area is 293 Å². The highest BCUT2D eigenvalue weighted by molar-refractivity contribution is 7.26. The summed E-state index contributed by atoms with van der Waals surface area (Å²) in [4.78, 5) is 10.4. The van der Waals surface area contributed by atoms with Crippen molar-refractivity contribution in [2.45, 2.75) is 0 Å². The van der Waals surface area contributed by atoms with Crippen LogP contribution in [0.2, 0.25) is 0 Å². The molecular weight excluding hydrogens is 627 g/mol. The van der Waals surface area contributed by atoms with Crippen LogP contribution < -0.4 is 0 Å². The molecule has 0 aliphatic rings. The predicted molar refractivity (Wildman–Crippen MR) is 211 cm³/mol. The van der Waals surface area contributed by atoms with E-state index in [1.165, 1.54) is 48.8 Å². The third-order valence-corrected chi connectivity index (χ3v) is 10.8. The minimum Gasteiger partial charge on any atom is -0.309 e. The maximum absolute atomic E-state index is 5.24. The molecule has 3 heterocycles. The highest BCUT2D eigenvalue weighted by Crippen LogP contribution is 2.42. The van der Waals surface area contributed by atoms with Crippen LogP contribution in [0.3, 0.4) is 0 Å². The van der Waals surface area contributed by atoms with Crippen molar-refractivity contribution in [2.75, 3.05) is 0 Å². The van der Waals surface area contributed by atoms with Crippen molar-refractivity contribution in [2.24, 2.45) is 0 Å². The second-order valence-corrected chi connectivity index (χ2v) is 13.7. The Morgan fingerprint density at radius 2 is 0.980 bits per heavy atom. The van der Waals surface area contributed by atoms with Gasteiger partial charge in [-0.25, -0.2) is 9.97 Å². The van der Waals surface area contributed by atoms with E-state index in [9.17, 15) is 0 Å². The van der Waals surface area contributed by atoms with Crippen LogP contribution in [0.25, 0.3) is 92.7 Å². The summed E-state index contributed by atoms with van der Waals surface area (Å²) in [6.07, 6.45) is 0. The van der Waals surface area contributed by atoms with Crippen molar-refractivity contribution in [1.82, 2.24) is 14.5 Å². The van der Waals surface area contributed by atoms with Crippen LogP contribution in [0.1, 0.15) is 0 Å². The van der Waals surface area contributed by atoms with Crippen molar-refractivity contribution in [3.8, 4) is 50.6 Å². The van der Waals surface area contributed by atoms with E-state index < -0.39 is 0 Å². The van der Waals surface area contributed by atoms with Crippen molar-refractivity contribution < 1.29 is 0 Å². The minimum absolute atomic E-state index is 0.737. The number of fused-ring (bicyclic) bond motifs is 6. The molecule has 0 saturated heterocycles. The van der Waals surface area contributed by atoms with Crippen LogP contribution in [0.15, 0.2) is 176 Å². The van der Waals surface area contributed by atoms with Crippen LogP contribution in [0.5, 0.6) is 0 Å². The summed E-state index contributed by atoms with van der Waals surface area (Å²) >= 11 is 1.77. The zero-order chi connectivity index (χ0) is 33.0. The third kappa shape index (κ3) is 4.73. The van der Waals surface area contributed by atoms with Gasteiger partial charge in [0.25, 0.3) is 0 Å². The number of benzene rings is 7. The first-order valence-corrected chi connectivity index (χ1v) is 17.6. The van der Waals surface area contributed by atoms with Gasteiger partial charge in [-0.3, -0.25) is 0 Å². The number of hydrogen-bond acceptors (Lipinski definition) is 3. The molecule has 0 spiro atoms. The molecule has 0 bridgehead atoms. The van der Waals surface area contributed by atoms with Gasteiger partial charge in [0.1, 0.15) is 0 Å². The molecule has 3 aromatic heterocycles. The van der Waals surface area contributed by atoms with Crippen LogP contribution in [0, 0.1) is 0 Å². The number of rotatable bonds is 5. The standard InChI is InChI=1S/C46H29N3S/c1-3-13-30(14-4-1)32-17-11-19-35(27-32)43-45-44(48-46(47-43)31-15-5-2-6-16-31)39-26-25-34(29-42(39)50-45)33-18-12-20-36(28-33)49-40-23-9-7-21-37(40)38-22-8-10-24-41(38)49/h1-29H. The Morgan fingerprint density at radius 3 is 1.72 bits per heavy atom. The molecule has 0 atom stereocenters. The van der Waals surface area contributed by atoms with Gasteiger partial charge in [0.2, 0.25) is 0 Å². The molecule has 50 heavy (non-hydrogen) atoms. The van der Waals surface area contributed by atoms with Gasteiger partial charge in [-0.2, -0.15) is 0 Å². The lowest BCUT2D eigenvalue weighted by Crippen LogP contribution is -1.94. The summed E-state index contributed by atoms with van der Waals surface area (Å²) in [5.74, 6) is 0.737. The molecule has 10 aromatic rings. The van der Waals surface area contributed by atoms with Gasteiger partial charge in [-0.05, 0) is 58.7 Å². The first kappa shape index (κ1) is 28.6. The highest BCUT2D eigenvalue weighted by Gasteiger charge is 2.18. The Balaban J connectivity index is 1.14. The fraction of sp³-hybridized carbons (Fsp3) is 0. The molecule has 234 valence electrons. The fourth-order valence-electron chi connectivity index (χ4n) is 7.24. The first-order chi connectivity index (χ1) is 24.8. The highest BCUT2D eigenvalue weighted by atomic mass is 32.1. The second kappa shape index (κ2) is 11.7. The van der Waals surface area contributed by atoms with Gasteiger partial charge in [-0.15, -0.1) is 11.3 Å². The Kier molecular flexibility index (Phi) is 6.68. The van der Waals surface area contributed by atoms with E-state index in [0.717, 1.165) is 43.9 Å². The van der Waals surface area contributed by atoms with Crippen molar-refractivity contribution in [3.05, 3.63) is 176 Å². The molecule has 7 aromatic carbocycles. The number of aromatic nitrogens is 3. The molecule has 0 aliphatic carbocycles. The fourth-order valence-corrected chi connectivity index (χ4v) is 8.43. The Morgan fingerprint density at radius 1 is 0.400 bits per heavy atom. The van der Waals surface area contributed by atoms with Crippen LogP contribution in [-0.4, -0.2) is 14.5 Å². The lowest BCUT2D eigenvalue weighted by atomic mass is 10.0. The van der Waals surface area contributed by atoms with E-state index in [4.69, 9.17) is 9.97 Å². The van der Waals surface area contributed by atoms with Crippen molar-refractivity contribution in [3.63, 3.8) is 0 Å². The van der Waals surface area contributed by atoms with E-state index >= 15 is 0 Å². The van der Waals surface area contributed by atoms with Crippen LogP contribution in [0.4, 0.5) is 0 Å². The van der Waals surface area contributed by atoms with Crippen molar-refractivity contribution in [1.29, 1.82) is 0 Å². The number of nitrogens with zero attached hydrogens (tertiary/aromatic N) is 3. The summed E-state index contributed by atoms with van der Waals surface area (Å²) in [5, 5.41) is 3.68. The zero-order valence-corrected chi connectivity index (χ0v) is 27.8. The molecule has 0 unspecified atom stereocenters. The lowest BCUT2D eigenvalue weighted by Gasteiger charge is -2.10. The quantitative estimate of drug-likeness (QED) is 0.185. The van der Waals surface area contributed by atoms with Crippen molar-refractivity contribution >= 4 is 53.4 Å². The third-order valence-electron chi connectivity index (χ3n) is 9.61. The van der Waals surface area contributed by atoms with Gasteiger partial charge in [-0.1, -0.05) is 140 Å². The monoisotopic (exact) mass is 655 g/mol. The SMILES string of the molecule is c1ccc(-c2cccc(-c3nc(-c4ccccc4)nc4c3sc3cc(-c5cccc(-n6c7ccccc7c7ccccc76)c5)ccc34)c2)cc1. The summed E-state index contributed by atoms with van der Waals surface area (Å²) in [6, 6.07) is 62.5. The molecule has 3 nitrogen and oxygen atoms in total. The maximum atomic E-state index is 5.24. The summed E-state index contributed by atoms with van der Waals surface area (Å²) in [7, 11) is 0. The van der Waals surface area contributed by atoms with Gasteiger partial charge in [0, 0.05) is 37.7 Å². The average Bonchev–Trinajstić information content (AvgIpc) is 3.74.